The van der Waals surface area contributed by atoms with Crippen molar-refractivity contribution in [2.75, 3.05) is 38.8 Å². The van der Waals surface area contributed by atoms with Gasteiger partial charge in [0.05, 0.1) is 44.2 Å². The number of hydrogen-bond donors (Lipinski definition) is 2. The number of nitrogens with one attached hydrogen (secondary N) is 1. The van der Waals surface area contributed by atoms with Crippen LogP contribution in [0.4, 0.5) is 5.69 Å². The van der Waals surface area contributed by atoms with Crippen LogP contribution in [0.25, 0.3) is 0 Å². The number of fused-ring (bicyclic) bond motifs is 2. The molecule has 0 aliphatic carbocycles. The third-order valence-corrected chi connectivity index (χ3v) is 5.96. The summed E-state index contributed by atoms with van der Waals surface area (Å²) in [5, 5.41) is 13.2. The second-order valence-corrected chi connectivity index (χ2v) is 8.03. The predicted octanol–water partition coefficient (Wildman–Crippen LogP) is 2.98. The van der Waals surface area contributed by atoms with Crippen LogP contribution in [0, 0.1) is 0 Å². The van der Waals surface area contributed by atoms with E-state index in [4.69, 9.17) is 14.2 Å². The van der Waals surface area contributed by atoms with E-state index in [-0.39, 0.29) is 30.6 Å². The van der Waals surface area contributed by atoms with Crippen molar-refractivity contribution < 1.29 is 28.9 Å². The zero-order valence-corrected chi connectivity index (χ0v) is 18.5. The molecule has 1 unspecified atom stereocenters. The van der Waals surface area contributed by atoms with Gasteiger partial charge >= 0.3 is 5.97 Å². The number of aliphatic hydroxyl groups is 1. The lowest BCUT2D eigenvalue weighted by Gasteiger charge is -2.40. The topological polar surface area (TPSA) is 97.3 Å². The number of ether oxygens (including phenoxy) is 3. The number of carbonyl (C=O) groups excluding carboxylic acids is 2. The highest BCUT2D eigenvalue weighted by atomic mass is 16.5. The Balaban J connectivity index is 1.64. The second-order valence-electron chi connectivity index (χ2n) is 8.03. The van der Waals surface area contributed by atoms with Crippen LogP contribution in [-0.4, -0.2) is 67.4 Å². The van der Waals surface area contributed by atoms with Crippen LogP contribution in [0.5, 0.6) is 11.5 Å². The number of esters is 1. The van der Waals surface area contributed by atoms with E-state index in [0.29, 0.717) is 43.2 Å². The van der Waals surface area contributed by atoms with Gasteiger partial charge in [-0.05, 0) is 51.5 Å². The molecule has 0 aromatic heterocycles. The van der Waals surface area contributed by atoms with E-state index < -0.39 is 0 Å². The first-order valence-corrected chi connectivity index (χ1v) is 11.3. The lowest BCUT2D eigenvalue weighted by atomic mass is 9.95. The van der Waals surface area contributed by atoms with Gasteiger partial charge in [0.1, 0.15) is 0 Å². The van der Waals surface area contributed by atoms with Crippen LogP contribution in [-0.2, 0) is 9.53 Å². The van der Waals surface area contributed by atoms with Crippen molar-refractivity contribution in [3.05, 3.63) is 17.7 Å². The average Bonchev–Trinajstić information content (AvgIpc) is 2.92. The molecule has 1 aromatic carbocycles. The number of carbonyl (C=O) groups is 2. The standard InChI is InChI=1S/C23H34N2O6/c1-3-30-22(27)10-5-4-6-11-31-21-13-19-18(12-20(21)29-2)23(28)25-16(14-24-19)8-7-9-17(25)15-26/h12-13,16-17,24,26H,3-11,14-15H2,1-2H3/t16?,17-/m0/s1. The molecule has 1 saturated heterocycles. The Morgan fingerprint density at radius 1 is 1.23 bits per heavy atom. The molecule has 1 aromatic rings. The molecule has 1 amide bonds. The monoisotopic (exact) mass is 434 g/mol. The number of nitrogens with zero attached hydrogens (tertiary/aromatic N) is 1. The minimum Gasteiger partial charge on any atom is -0.493 e. The summed E-state index contributed by atoms with van der Waals surface area (Å²) in [5.41, 5.74) is 1.27. The zero-order valence-electron chi connectivity index (χ0n) is 18.5. The van der Waals surface area contributed by atoms with Gasteiger partial charge in [0.25, 0.3) is 5.91 Å². The molecule has 2 heterocycles. The van der Waals surface area contributed by atoms with E-state index in [0.717, 1.165) is 44.2 Å². The summed E-state index contributed by atoms with van der Waals surface area (Å²) < 4.78 is 16.4. The number of rotatable bonds is 10. The van der Waals surface area contributed by atoms with Gasteiger partial charge in [0.2, 0.25) is 0 Å². The number of aliphatic hydroxyl groups excluding tert-OH is 1. The quantitative estimate of drug-likeness (QED) is 0.432. The van der Waals surface area contributed by atoms with Gasteiger partial charge < -0.3 is 29.5 Å². The zero-order chi connectivity index (χ0) is 22.2. The summed E-state index contributed by atoms with van der Waals surface area (Å²) in [5.74, 6) is 0.862. The van der Waals surface area contributed by atoms with E-state index in [9.17, 15) is 14.7 Å². The third kappa shape index (κ3) is 5.61. The van der Waals surface area contributed by atoms with Crippen molar-refractivity contribution in [2.45, 2.75) is 64.0 Å². The van der Waals surface area contributed by atoms with Gasteiger partial charge in [-0.3, -0.25) is 9.59 Å². The van der Waals surface area contributed by atoms with Crippen molar-refractivity contribution in [3.8, 4) is 11.5 Å². The van der Waals surface area contributed by atoms with Crippen LogP contribution >= 0.6 is 0 Å². The van der Waals surface area contributed by atoms with Gasteiger partial charge in [0.15, 0.2) is 11.5 Å². The van der Waals surface area contributed by atoms with Crippen LogP contribution < -0.4 is 14.8 Å². The summed E-state index contributed by atoms with van der Waals surface area (Å²) in [6, 6.07) is 3.49. The van der Waals surface area contributed by atoms with E-state index >= 15 is 0 Å². The fraction of sp³-hybridized carbons (Fsp3) is 0.652. The van der Waals surface area contributed by atoms with Gasteiger partial charge in [0, 0.05) is 25.1 Å². The van der Waals surface area contributed by atoms with Crippen molar-refractivity contribution >= 4 is 17.6 Å². The molecule has 2 N–H and O–H groups in total. The maximum Gasteiger partial charge on any atom is 0.305 e. The highest BCUT2D eigenvalue weighted by Crippen LogP contribution is 2.38. The molecule has 8 nitrogen and oxygen atoms in total. The number of benzene rings is 1. The van der Waals surface area contributed by atoms with E-state index in [1.165, 1.54) is 0 Å². The fourth-order valence-corrected chi connectivity index (χ4v) is 4.36. The molecule has 172 valence electrons. The van der Waals surface area contributed by atoms with Crippen molar-refractivity contribution in [1.82, 2.24) is 4.90 Å². The largest absolute Gasteiger partial charge is 0.493 e. The third-order valence-electron chi connectivity index (χ3n) is 5.96. The normalized spacial score (nSPS) is 20.2. The smallest absolute Gasteiger partial charge is 0.305 e. The Kier molecular flexibility index (Phi) is 8.40. The van der Waals surface area contributed by atoms with E-state index in [2.05, 4.69) is 5.32 Å². The van der Waals surface area contributed by atoms with Crippen molar-refractivity contribution in [1.29, 1.82) is 0 Å². The number of hydrogen-bond acceptors (Lipinski definition) is 7. The molecule has 0 saturated carbocycles. The SMILES string of the molecule is CCOC(=O)CCCCCOc1cc2c(cc1OC)C(=O)N1C(CCC[C@H]1CO)CN2. The molecular weight excluding hydrogens is 400 g/mol. The van der Waals surface area contributed by atoms with Gasteiger partial charge in [-0.25, -0.2) is 0 Å². The first kappa shape index (κ1) is 23.2. The Hall–Kier alpha value is -2.48. The van der Waals surface area contributed by atoms with Crippen LogP contribution in [0.1, 0.15) is 62.2 Å². The highest BCUT2D eigenvalue weighted by molar-refractivity contribution is 6.01. The Morgan fingerprint density at radius 2 is 2.06 bits per heavy atom. The first-order valence-electron chi connectivity index (χ1n) is 11.3. The van der Waals surface area contributed by atoms with Crippen LogP contribution in [0.2, 0.25) is 0 Å². The maximum atomic E-state index is 13.3. The summed E-state index contributed by atoms with van der Waals surface area (Å²) in [6.07, 6.45) is 5.61. The van der Waals surface area contributed by atoms with Crippen LogP contribution in [0.15, 0.2) is 12.1 Å². The van der Waals surface area contributed by atoms with E-state index in [1.807, 2.05) is 11.0 Å². The molecular formula is C23H34N2O6. The summed E-state index contributed by atoms with van der Waals surface area (Å²) in [4.78, 5) is 26.5. The molecule has 8 heteroatoms. The number of methoxy groups -OCH3 is 1. The van der Waals surface area contributed by atoms with Crippen molar-refractivity contribution in [2.24, 2.45) is 0 Å². The lowest BCUT2D eigenvalue weighted by molar-refractivity contribution is -0.143. The molecule has 0 radical (unpaired) electrons. The average molecular weight is 435 g/mol. The van der Waals surface area contributed by atoms with Crippen LogP contribution in [0.3, 0.4) is 0 Å². The molecule has 1 fully saturated rings. The Morgan fingerprint density at radius 3 is 2.81 bits per heavy atom. The molecule has 2 aliphatic heterocycles. The molecule has 0 bridgehead atoms. The molecule has 0 spiro atoms. The molecule has 31 heavy (non-hydrogen) atoms. The number of anilines is 1. The number of amides is 1. The van der Waals surface area contributed by atoms with E-state index in [1.54, 1.807) is 20.1 Å². The van der Waals surface area contributed by atoms with Gasteiger partial charge in [-0.2, -0.15) is 0 Å². The first-order chi connectivity index (χ1) is 15.1. The summed E-state index contributed by atoms with van der Waals surface area (Å²) >= 11 is 0. The summed E-state index contributed by atoms with van der Waals surface area (Å²) in [7, 11) is 1.56. The highest BCUT2D eigenvalue weighted by Gasteiger charge is 2.37. The van der Waals surface area contributed by atoms with Gasteiger partial charge in [-0.15, -0.1) is 0 Å². The summed E-state index contributed by atoms with van der Waals surface area (Å²) in [6.45, 7) is 3.34. The number of unbranched alkanes of at least 4 members (excludes halogenated alkanes) is 2. The molecule has 2 aliphatic rings. The Bertz CT molecular complexity index is 769. The predicted molar refractivity (Wildman–Crippen MR) is 117 cm³/mol. The molecule has 2 atom stereocenters. The Labute approximate surface area is 183 Å². The minimum atomic E-state index is -0.161. The number of piperidine rings is 1. The minimum absolute atomic E-state index is 0.0218. The second kappa shape index (κ2) is 11.2. The fourth-order valence-electron chi connectivity index (χ4n) is 4.36. The lowest BCUT2D eigenvalue weighted by Crippen LogP contribution is -2.52. The van der Waals surface area contributed by atoms with Crippen molar-refractivity contribution in [3.63, 3.8) is 0 Å². The molecule has 3 rings (SSSR count). The maximum absolute atomic E-state index is 13.3. The van der Waals surface area contributed by atoms with Gasteiger partial charge in [-0.1, -0.05) is 0 Å².